The van der Waals surface area contributed by atoms with Crippen molar-refractivity contribution in [3.63, 3.8) is 0 Å². The number of cyclic esters (lactones) is 1. The zero-order valence-electron chi connectivity index (χ0n) is 38.0. The molecule has 1 fully saturated rings. The summed E-state index contributed by atoms with van der Waals surface area (Å²) in [5, 5.41) is 78.3. The molecule has 1 unspecified atom stereocenters. The van der Waals surface area contributed by atoms with Gasteiger partial charge in [0.15, 0.2) is 6.10 Å². The number of esters is 2. The van der Waals surface area contributed by atoms with E-state index in [1.807, 2.05) is 6.92 Å². The smallest absolute Gasteiger partial charge is 0.462 e. The van der Waals surface area contributed by atoms with Crippen LogP contribution in [0.3, 0.4) is 0 Å². The van der Waals surface area contributed by atoms with E-state index in [4.69, 9.17) is 18.5 Å². The minimum atomic E-state index is -5.46. The van der Waals surface area contributed by atoms with Gasteiger partial charge in [0.25, 0.3) is 0 Å². The highest BCUT2D eigenvalue weighted by molar-refractivity contribution is 7.47. The van der Waals surface area contributed by atoms with Gasteiger partial charge in [-0.15, -0.1) is 0 Å². The average molecular weight is 931 g/mol. The van der Waals surface area contributed by atoms with E-state index in [1.54, 1.807) is 12.2 Å². The third kappa shape index (κ3) is 23.2. The summed E-state index contributed by atoms with van der Waals surface area (Å²) in [5.74, 6) is -5.15. The number of unbranched alkanes of at least 4 members (excludes halogenated alkanes) is 10. The van der Waals surface area contributed by atoms with Crippen LogP contribution >= 0.6 is 7.82 Å². The highest BCUT2D eigenvalue weighted by Gasteiger charge is 2.49. The van der Waals surface area contributed by atoms with Gasteiger partial charge >= 0.3 is 19.8 Å². The van der Waals surface area contributed by atoms with E-state index in [-0.39, 0.29) is 25.7 Å². The van der Waals surface area contributed by atoms with Crippen LogP contribution in [0, 0.1) is 11.8 Å². The molecule has 0 amide bonds. The van der Waals surface area contributed by atoms with Crippen molar-refractivity contribution >= 4 is 25.5 Å². The number of carbonyl (C=O) groups is 3. The summed E-state index contributed by atoms with van der Waals surface area (Å²) < 4.78 is 34.5. The quantitative estimate of drug-likeness (QED) is 0.0278. The van der Waals surface area contributed by atoms with Crippen molar-refractivity contribution in [1.29, 1.82) is 0 Å². The molecule has 2 bridgehead atoms. The summed E-state index contributed by atoms with van der Waals surface area (Å²) in [4.78, 5) is 50.0. The van der Waals surface area contributed by atoms with Gasteiger partial charge in [-0.25, -0.2) is 4.57 Å². The van der Waals surface area contributed by atoms with Crippen LogP contribution in [0.1, 0.15) is 149 Å². The number of ketones is 1. The van der Waals surface area contributed by atoms with Crippen molar-refractivity contribution in [3.05, 3.63) is 48.6 Å². The summed E-state index contributed by atoms with van der Waals surface area (Å²) in [5.41, 5.74) is 0. The Bertz CT molecular complexity index is 1480. The number of phosphoric acid groups is 1. The number of phosphoric ester groups is 1. The molecule has 2 aliphatic rings. The van der Waals surface area contributed by atoms with Gasteiger partial charge in [-0.1, -0.05) is 114 Å². The van der Waals surface area contributed by atoms with E-state index in [1.165, 1.54) is 25.3 Å². The molecule has 1 aliphatic heterocycles. The molecule has 0 aromatic carbocycles. The molecule has 1 heterocycles. The zero-order chi connectivity index (χ0) is 47.3. The summed E-state index contributed by atoms with van der Waals surface area (Å²) >= 11 is 0. The van der Waals surface area contributed by atoms with E-state index >= 15 is 0 Å². The first-order chi connectivity index (χ1) is 30.6. The van der Waals surface area contributed by atoms with Crippen LogP contribution in [0.25, 0.3) is 0 Å². The Kier molecular flexibility index (Phi) is 29.6. The molecule has 0 spiro atoms. The maximum absolute atomic E-state index is 13.7. The summed E-state index contributed by atoms with van der Waals surface area (Å²) in [6.45, 7) is 2.75. The Morgan fingerprint density at radius 3 is 2.17 bits per heavy atom. The molecule has 1 saturated carbocycles. The maximum Gasteiger partial charge on any atom is 0.472 e. The van der Waals surface area contributed by atoms with E-state index in [2.05, 4.69) is 31.2 Å². The number of aliphatic hydroxyl groups is 7. The predicted molar refractivity (Wildman–Crippen MR) is 240 cm³/mol. The number of rotatable bonds is 22. The SMILES string of the molecule is CCCCC/C=C\C/C=C\CCCCCCCC(=O)OC[C@@H]1COP(=O)(O)O[C@H]2[C@H](O)[C@@H](O)[C@H](O)[C@@H](C/C=C\CCCC(=O)O1)[C@@H](O)CC(=O)[C@H](/C=C/[C@@H](O)CCCCC)[C@@H](O)[C@H]2O. The largest absolute Gasteiger partial charge is 0.472 e. The molecule has 64 heavy (non-hydrogen) atoms. The maximum atomic E-state index is 13.7. The Labute approximate surface area is 380 Å². The fourth-order valence-electron chi connectivity index (χ4n) is 7.56. The molecule has 8 N–H and O–H groups in total. The van der Waals surface area contributed by atoms with Gasteiger partial charge in [-0.05, 0) is 64.2 Å². The fraction of sp³-hybridized carbons (Fsp3) is 0.766. The Hall–Kier alpha value is -2.60. The minimum Gasteiger partial charge on any atom is -0.462 e. The third-order valence-corrected chi connectivity index (χ3v) is 12.5. The van der Waals surface area contributed by atoms with Gasteiger partial charge in [-0.2, -0.15) is 0 Å². The second-order valence-electron chi connectivity index (χ2n) is 17.0. The molecule has 368 valence electrons. The van der Waals surface area contributed by atoms with E-state index in [0.29, 0.717) is 25.7 Å². The normalized spacial score (nSPS) is 31.8. The Balaban J connectivity index is 2.17. The topological polar surface area (TPSA) is 267 Å². The summed E-state index contributed by atoms with van der Waals surface area (Å²) in [6.07, 6.45) is 10.0. The first kappa shape index (κ1) is 57.5. The van der Waals surface area contributed by atoms with Gasteiger partial charge < -0.3 is 50.1 Å². The standard InChI is InChI=1S/C47H79O16P/c1-3-5-7-8-9-10-11-12-13-14-15-16-17-18-23-27-40(51)60-32-35-33-61-64(58,59)63-47-45(56)43(54)37(30-29-34(48)25-21-6-4-2)39(50)31-38(49)36(42(53)44(55)46(47)57)26-22-19-20-24-28-41(52)62-35/h9-10,12-13,19,22,29-30,34-38,42-49,53-57H,3-8,11,14-18,20-21,23-28,31-33H2,1-2H3,(H,58,59)/b10-9-,13-12-,22-19-,30-29+/t34-,35+,36-,37-,38-,42+,43+,44-,45+,46+,47+/m0/s1. The molecule has 0 radical (unpaired) electrons. The molecule has 0 aromatic heterocycles. The van der Waals surface area contributed by atoms with Gasteiger partial charge in [0.1, 0.15) is 36.8 Å². The molecule has 12 atom stereocenters. The van der Waals surface area contributed by atoms with Crippen LogP contribution in [0.4, 0.5) is 0 Å². The third-order valence-electron chi connectivity index (χ3n) is 11.5. The zero-order valence-corrected chi connectivity index (χ0v) is 38.9. The number of hydrogen-bond donors (Lipinski definition) is 8. The van der Waals surface area contributed by atoms with Crippen molar-refractivity contribution < 1.29 is 78.1 Å². The van der Waals surface area contributed by atoms with Gasteiger partial charge in [0.2, 0.25) is 0 Å². The van der Waals surface area contributed by atoms with E-state index in [0.717, 1.165) is 63.9 Å². The molecule has 0 saturated heterocycles. The molecular formula is C47H79O16P. The molecule has 16 nitrogen and oxygen atoms in total. The highest BCUT2D eigenvalue weighted by atomic mass is 31.2. The van der Waals surface area contributed by atoms with Crippen LogP contribution in [0.15, 0.2) is 48.6 Å². The number of hydrogen-bond acceptors (Lipinski definition) is 15. The van der Waals surface area contributed by atoms with Crippen LogP contribution in [0.2, 0.25) is 0 Å². The monoisotopic (exact) mass is 931 g/mol. The second-order valence-corrected chi connectivity index (χ2v) is 18.4. The number of ether oxygens (including phenoxy) is 2. The summed E-state index contributed by atoms with van der Waals surface area (Å²) in [7, 11) is -5.46. The second kappa shape index (κ2) is 33.0. The van der Waals surface area contributed by atoms with Crippen molar-refractivity contribution in [1.82, 2.24) is 0 Å². The number of allylic oxidation sites excluding steroid dienone is 6. The molecule has 2 rings (SSSR count). The van der Waals surface area contributed by atoms with Gasteiger partial charge in [0, 0.05) is 25.2 Å². The first-order valence-electron chi connectivity index (χ1n) is 23.5. The van der Waals surface area contributed by atoms with Gasteiger partial charge in [0.05, 0.1) is 36.9 Å². The highest BCUT2D eigenvalue weighted by Crippen LogP contribution is 2.47. The lowest BCUT2D eigenvalue weighted by molar-refractivity contribution is -0.166. The van der Waals surface area contributed by atoms with E-state index < -0.39 is 112 Å². The van der Waals surface area contributed by atoms with Crippen LogP contribution < -0.4 is 0 Å². The molecule has 1 aliphatic carbocycles. The van der Waals surface area contributed by atoms with Crippen molar-refractivity contribution in [2.75, 3.05) is 13.2 Å². The number of fused-ring (bicyclic) bond motifs is 4. The predicted octanol–water partition coefficient (Wildman–Crippen LogP) is 5.76. The molecule has 0 aromatic rings. The van der Waals surface area contributed by atoms with Crippen LogP contribution in [0.5, 0.6) is 0 Å². The number of Topliss-reactive ketones (excluding diaryl/α,β-unsaturated/α-hetero) is 1. The van der Waals surface area contributed by atoms with E-state index in [9.17, 15) is 59.6 Å². The van der Waals surface area contributed by atoms with Crippen molar-refractivity contribution in [2.45, 2.75) is 204 Å². The summed E-state index contributed by atoms with van der Waals surface area (Å²) in [6, 6.07) is 0. The number of carbonyl (C=O) groups excluding carboxylic acids is 3. The van der Waals surface area contributed by atoms with Crippen molar-refractivity contribution in [2.24, 2.45) is 11.8 Å². The lowest BCUT2D eigenvalue weighted by atomic mass is 9.83. The molecule has 17 heteroatoms. The van der Waals surface area contributed by atoms with Crippen LogP contribution in [-0.4, -0.2) is 127 Å². The Morgan fingerprint density at radius 2 is 1.47 bits per heavy atom. The Morgan fingerprint density at radius 1 is 0.828 bits per heavy atom. The minimum absolute atomic E-state index is 0.0856. The average Bonchev–Trinajstić information content (AvgIpc) is 3.26. The van der Waals surface area contributed by atoms with Crippen LogP contribution in [-0.2, 0) is 37.5 Å². The lowest BCUT2D eigenvalue weighted by Gasteiger charge is -2.36. The van der Waals surface area contributed by atoms with Crippen molar-refractivity contribution in [3.8, 4) is 0 Å². The molecular weight excluding hydrogens is 851 g/mol. The first-order valence-corrected chi connectivity index (χ1v) is 25.0. The lowest BCUT2D eigenvalue weighted by Crippen LogP contribution is -2.55. The number of aliphatic hydroxyl groups excluding tert-OH is 7. The fourth-order valence-corrected chi connectivity index (χ4v) is 8.53. The van der Waals surface area contributed by atoms with Gasteiger partial charge in [-0.3, -0.25) is 23.4 Å².